The molecule has 0 N–H and O–H groups in total. The van der Waals surface area contributed by atoms with E-state index in [4.69, 9.17) is 40.3 Å². The molecule has 0 aliphatic rings. The van der Waals surface area contributed by atoms with Gasteiger partial charge in [-0.25, -0.2) is 0 Å². The Morgan fingerprint density at radius 1 is 0.411 bits per heavy atom. The Morgan fingerprint density at radius 2 is 0.768 bits per heavy atom. The summed E-state index contributed by atoms with van der Waals surface area (Å²) in [5.41, 5.74) is 5.88. The molecule has 4 atom stereocenters. The second kappa shape index (κ2) is 80.6. The van der Waals surface area contributed by atoms with Gasteiger partial charge in [-0.2, -0.15) is 71.8 Å². The van der Waals surface area contributed by atoms with Gasteiger partial charge in [-0.05, 0) is 157 Å². The van der Waals surface area contributed by atoms with Crippen LogP contribution in [0.5, 0.6) is 34.5 Å². The summed E-state index contributed by atoms with van der Waals surface area (Å²) in [6.45, 7) is 18.5. The summed E-state index contributed by atoms with van der Waals surface area (Å²) in [6.07, 6.45) is 2.94. The van der Waals surface area contributed by atoms with E-state index in [-0.39, 0.29) is 162 Å². The van der Waals surface area contributed by atoms with Crippen molar-refractivity contribution in [3.8, 4) is 34.5 Å². The molecule has 0 radical (unpaired) electrons. The van der Waals surface area contributed by atoms with Crippen molar-refractivity contribution in [3.05, 3.63) is 246 Å². The van der Waals surface area contributed by atoms with Gasteiger partial charge < -0.3 is 99.9 Å². The van der Waals surface area contributed by atoms with Gasteiger partial charge in [-0.3, -0.25) is 9.59 Å². The van der Waals surface area contributed by atoms with Gasteiger partial charge in [0.25, 0.3) is 0 Å². The zero-order chi connectivity index (χ0) is 77.0. The third-order valence-corrected chi connectivity index (χ3v) is 14.8. The monoisotopic (exact) mass is 1600 g/mol. The van der Waals surface area contributed by atoms with Gasteiger partial charge in [-0.15, -0.1) is 37.4 Å². The first-order chi connectivity index (χ1) is 48.8. The van der Waals surface area contributed by atoms with Gasteiger partial charge in [0.2, 0.25) is 0 Å². The molecule has 7 rings (SSSR count). The summed E-state index contributed by atoms with van der Waals surface area (Å²) in [6, 6.07) is 54.6. The molecule has 112 heavy (non-hydrogen) atoms. The van der Waals surface area contributed by atoms with Crippen LogP contribution in [-0.4, -0.2) is 231 Å². The molecule has 21 nitrogen and oxygen atoms in total. The van der Waals surface area contributed by atoms with Gasteiger partial charge in [0.05, 0.1) is 42.7 Å². The summed E-state index contributed by atoms with van der Waals surface area (Å²) in [5, 5.41) is 55.3. The number of ether oxygens (including phenoxy) is 6. The quantitative estimate of drug-likeness (QED) is 0.0125. The molecule has 0 aliphatic carbocycles. The summed E-state index contributed by atoms with van der Waals surface area (Å²) < 4.78 is 30.6. The molecule has 596 valence electrons. The fraction of sp³-hybridized carbons (Fsp3) is 0.410. The minimum atomic E-state index is -0.898. The fourth-order valence-electron chi connectivity index (χ4n) is 8.79. The Bertz CT molecular complexity index is 3220. The molecule has 7 aromatic rings. The van der Waals surface area contributed by atoms with Crippen molar-refractivity contribution in [1.29, 1.82) is 5.26 Å². The number of methoxy groups -OCH3 is 6. The second-order valence-electron chi connectivity index (χ2n) is 23.8. The molecule has 29 heteroatoms. The maximum Gasteiger partial charge on any atom is 1.00 e. The van der Waals surface area contributed by atoms with Crippen LogP contribution in [-0.2, 0) is 47.0 Å². The first kappa shape index (κ1) is 131. The number of hydrogen-bond donors (Lipinski definition) is 0. The predicted octanol–water partition coefficient (Wildman–Crippen LogP) is -8.86. The van der Waals surface area contributed by atoms with E-state index in [1.54, 1.807) is 136 Å². The Kier molecular flexibility index (Phi) is 94.4. The number of carbonyl (C=O) groups is 2. The van der Waals surface area contributed by atoms with Crippen LogP contribution in [0.25, 0.3) is 0 Å². The van der Waals surface area contributed by atoms with Crippen molar-refractivity contribution in [3.63, 3.8) is 0 Å². The fourth-order valence-corrected chi connectivity index (χ4v) is 8.79. The summed E-state index contributed by atoms with van der Waals surface area (Å²) >= 11 is 0. The van der Waals surface area contributed by atoms with Crippen molar-refractivity contribution < 1.29 is 206 Å². The second-order valence-corrected chi connectivity index (χ2v) is 23.8. The van der Waals surface area contributed by atoms with Gasteiger partial charge >= 0.3 is 147 Å². The average Bonchev–Trinajstić information content (AvgIpc) is 0.837. The number of carbonyl (C=O) groups excluding carboxylic acids is 2. The van der Waals surface area contributed by atoms with E-state index < -0.39 is 24.9 Å². The zero-order valence-electron chi connectivity index (χ0n) is 70.1. The molecule has 0 fully saturated rings. The maximum atomic E-state index is 12.6. The van der Waals surface area contributed by atoms with E-state index in [1.807, 2.05) is 174 Å². The predicted molar refractivity (Wildman–Crippen MR) is 414 cm³/mol. The molecule has 0 aliphatic heterocycles. The average molecular weight is 1600 g/mol. The number of likely N-dealkylation sites (N-methyl/N-ethyl adjacent to an activating group) is 8. The van der Waals surface area contributed by atoms with Crippen molar-refractivity contribution >= 4 is 12.6 Å². The van der Waals surface area contributed by atoms with Crippen LogP contribution in [0.3, 0.4) is 0 Å². The molecule has 0 spiro atoms. The standard InChI is InChI=1S/C16H25N2O2.C13H21N2O2.2C13H20N2O2.C11H12O2.C8H8O2.C6H5.CN.2CH4.2Cu.6Li/c1-6-8-13-14(9-7-10-15(13)20-5)16(19)18(4)12-11-17(2)3;3*1-14(2)8-9-15(3)13(16)11-6-5-7-12(10-11)17-4;1-3-5-10-9(8-12)6-4-7-11(10)13-2;1-10-8-4-2-3-7(5-8)6-9;1-2-4-6-5-3-1;1-2;;;;;;;;;;/h6-7,9-10,16H,1,8,11-12H2,2-5H3;5-7,10,13H,8-9H2,1-4H3;2*5-7,13H,8-9H2,1-4H3;3-4,6-8H,1,5H2,2H3;2-6H,1H3;1-5H;;2*1H4;;;;;;;;/q2*-1;2*-2;;;2*-1;;;8*+1. The Morgan fingerprint density at radius 3 is 1.12 bits per heavy atom. The molecule has 0 aromatic heterocycles. The first-order valence-electron chi connectivity index (χ1n) is 32.8. The number of aldehydes is 2. The van der Waals surface area contributed by atoms with Gasteiger partial charge in [0.1, 0.15) is 35.6 Å². The Balaban J connectivity index is -0.000000118. The summed E-state index contributed by atoms with van der Waals surface area (Å²) in [7, 11) is 32.9. The largest absolute Gasteiger partial charge is 1.00 e. The molecular weight excluding hydrogens is 1480 g/mol. The molecule has 0 saturated carbocycles. The number of nitrogens with zero attached hydrogens (tertiary/aromatic N) is 9. The van der Waals surface area contributed by atoms with E-state index >= 15 is 0 Å². The molecule has 7 aromatic carbocycles. The SMILES string of the molecule is C.C.C=CCc1c(C=O)cccc1OC.C=CCc1c(OC)cccc1C([O-])N(C)CCN(C)C.COc1[c-]c(C([O-])N(C)CCN(C)C)ccc1.COc1[c-]c(C([O-])N(C)CCN(C)C)ccc1.COc1cccc(C([O-])N(C)CCN(C)C)c1.COc1cccc(C=O)c1.[C-]#N.[Cu+].[Cu+].[Li+].[Li+].[Li+].[Li+].[Li+].[Li+].[c-]1ccccc1. The topological polar surface area (TPSA) is 231 Å². The van der Waals surface area contributed by atoms with Crippen molar-refractivity contribution in [2.45, 2.75) is 52.6 Å². The van der Waals surface area contributed by atoms with Crippen LogP contribution in [0.15, 0.2) is 177 Å². The van der Waals surface area contributed by atoms with Crippen molar-refractivity contribution in [2.75, 3.05) is 180 Å². The molecule has 0 saturated heterocycles. The summed E-state index contributed by atoms with van der Waals surface area (Å²) in [5.74, 6) is 4.14. The van der Waals surface area contributed by atoms with Crippen LogP contribution < -0.4 is 162 Å². The van der Waals surface area contributed by atoms with Crippen LogP contribution in [0.2, 0.25) is 0 Å². The van der Waals surface area contributed by atoms with Crippen LogP contribution >= 0.6 is 0 Å². The van der Waals surface area contributed by atoms with Gasteiger partial charge in [0, 0.05) is 86.1 Å². The van der Waals surface area contributed by atoms with E-state index in [0.717, 1.165) is 104 Å². The normalized spacial score (nSPS) is 10.6. The third kappa shape index (κ3) is 56.2. The van der Waals surface area contributed by atoms with Crippen LogP contribution in [0, 0.1) is 30.0 Å². The van der Waals surface area contributed by atoms with E-state index in [0.29, 0.717) is 52.3 Å². The van der Waals surface area contributed by atoms with E-state index in [2.05, 4.69) is 51.0 Å². The smallest absolute Gasteiger partial charge is 0.839 e. The first-order valence-corrected chi connectivity index (χ1v) is 32.8. The minimum Gasteiger partial charge on any atom is -0.839 e. The molecule has 0 bridgehead atoms. The third-order valence-electron chi connectivity index (χ3n) is 14.8. The minimum absolute atomic E-state index is 0. The number of rotatable bonds is 32. The van der Waals surface area contributed by atoms with E-state index in [1.165, 1.54) is 0 Å². The molecule has 0 heterocycles. The molecule has 0 amide bonds. The molecule has 4 unspecified atom stereocenters. The van der Waals surface area contributed by atoms with E-state index in [9.17, 15) is 30.0 Å². The van der Waals surface area contributed by atoms with Crippen LogP contribution in [0.1, 0.15) is 93.9 Å². The number of benzene rings is 7. The van der Waals surface area contributed by atoms with Crippen molar-refractivity contribution in [1.82, 2.24) is 39.2 Å². The van der Waals surface area contributed by atoms with Crippen molar-refractivity contribution in [2.24, 2.45) is 0 Å². The van der Waals surface area contributed by atoms with Crippen LogP contribution in [0.4, 0.5) is 0 Å². The van der Waals surface area contributed by atoms with Gasteiger partial charge in [-0.1, -0.05) is 88.0 Å². The number of hydrogen-bond acceptors (Lipinski definition) is 21. The molecular formula is C83H119Cu2Li6N9O12. The Labute approximate surface area is 768 Å². The maximum absolute atomic E-state index is 12.6. The van der Waals surface area contributed by atoms with Gasteiger partial charge in [0.15, 0.2) is 0 Å². The Hall–Kier alpha value is -4.21. The summed E-state index contributed by atoms with van der Waals surface area (Å²) in [4.78, 5) is 36.3. The zero-order valence-corrected chi connectivity index (χ0v) is 71.9. The number of allylic oxidation sites excluding steroid dienone is 2.